The van der Waals surface area contributed by atoms with E-state index in [4.69, 9.17) is 5.73 Å². The molecule has 0 bridgehead atoms. The summed E-state index contributed by atoms with van der Waals surface area (Å²) < 4.78 is 0. The van der Waals surface area contributed by atoms with Gasteiger partial charge in [-0.15, -0.1) is 0 Å². The number of phenolic OH excluding ortho intramolecular Hbond substituents is 1. The van der Waals surface area contributed by atoms with Gasteiger partial charge in [-0.05, 0) is 17.7 Å². The molecule has 66 valence electrons. The Bertz CT molecular complexity index is 271. The third-order valence-corrected chi connectivity index (χ3v) is 1.76. The first-order valence-electron chi connectivity index (χ1n) is 3.84. The fourth-order valence-electron chi connectivity index (χ4n) is 1.07. The van der Waals surface area contributed by atoms with Crippen molar-refractivity contribution in [1.29, 1.82) is 0 Å². The van der Waals surface area contributed by atoms with Gasteiger partial charge in [0.1, 0.15) is 5.75 Å². The Morgan fingerprint density at radius 1 is 1.42 bits per heavy atom. The first-order valence-corrected chi connectivity index (χ1v) is 3.84. The Morgan fingerprint density at radius 3 is 2.50 bits per heavy atom. The molecule has 0 aromatic heterocycles. The van der Waals surface area contributed by atoms with E-state index in [1.165, 1.54) is 0 Å². The molecule has 3 heteroatoms. The molecule has 0 atom stereocenters. The Morgan fingerprint density at radius 2 is 2.08 bits per heavy atom. The van der Waals surface area contributed by atoms with Gasteiger partial charge in [0.05, 0.1) is 5.69 Å². The van der Waals surface area contributed by atoms with Crippen LogP contribution >= 0.6 is 0 Å². The molecule has 0 aliphatic carbocycles. The molecule has 0 amide bonds. The summed E-state index contributed by atoms with van der Waals surface area (Å²) >= 11 is 0. The Hall–Kier alpha value is -1.22. The lowest BCUT2D eigenvalue weighted by Gasteiger charge is -2.14. The van der Waals surface area contributed by atoms with Crippen molar-refractivity contribution < 1.29 is 5.11 Å². The van der Waals surface area contributed by atoms with Crippen molar-refractivity contribution in [2.24, 2.45) is 5.73 Å². The lowest BCUT2D eigenvalue weighted by molar-refractivity contribution is 0.475. The normalized spacial score (nSPS) is 9.92. The van der Waals surface area contributed by atoms with Gasteiger partial charge in [-0.3, -0.25) is 0 Å². The Kier molecular flexibility index (Phi) is 2.55. The summed E-state index contributed by atoms with van der Waals surface area (Å²) in [4.78, 5) is 1.86. The van der Waals surface area contributed by atoms with Crippen LogP contribution in [-0.4, -0.2) is 19.2 Å². The molecular formula is C9H14N2O. The van der Waals surface area contributed by atoms with E-state index in [2.05, 4.69) is 0 Å². The van der Waals surface area contributed by atoms with Crippen LogP contribution in [0.3, 0.4) is 0 Å². The van der Waals surface area contributed by atoms with Gasteiger partial charge in [-0.1, -0.05) is 6.07 Å². The van der Waals surface area contributed by atoms with Crippen LogP contribution < -0.4 is 10.6 Å². The minimum atomic E-state index is 0.281. The summed E-state index contributed by atoms with van der Waals surface area (Å²) in [5.41, 5.74) is 7.18. The van der Waals surface area contributed by atoms with Crippen molar-refractivity contribution >= 4 is 5.69 Å². The second-order valence-electron chi connectivity index (χ2n) is 2.92. The Balaban J connectivity index is 3.03. The zero-order chi connectivity index (χ0) is 9.14. The standard InChI is InChI=1S/C9H14N2O/c1-11(2)8-4-3-7(6-10)5-9(8)12/h3-5,12H,6,10H2,1-2H3. The predicted molar refractivity (Wildman–Crippen MR) is 50.3 cm³/mol. The highest BCUT2D eigenvalue weighted by Gasteiger charge is 2.02. The van der Waals surface area contributed by atoms with E-state index < -0.39 is 0 Å². The SMILES string of the molecule is CN(C)c1ccc(CN)cc1O. The monoisotopic (exact) mass is 166 g/mol. The number of hydrogen-bond acceptors (Lipinski definition) is 3. The largest absolute Gasteiger partial charge is 0.506 e. The molecule has 1 rings (SSSR count). The van der Waals surface area contributed by atoms with E-state index in [1.54, 1.807) is 6.07 Å². The van der Waals surface area contributed by atoms with Gasteiger partial charge in [0.2, 0.25) is 0 Å². The van der Waals surface area contributed by atoms with E-state index in [0.29, 0.717) is 6.54 Å². The molecule has 0 saturated heterocycles. The van der Waals surface area contributed by atoms with Gasteiger partial charge in [0.15, 0.2) is 0 Å². The van der Waals surface area contributed by atoms with Crippen LogP contribution in [0.1, 0.15) is 5.56 Å². The zero-order valence-corrected chi connectivity index (χ0v) is 7.41. The third-order valence-electron chi connectivity index (χ3n) is 1.76. The van der Waals surface area contributed by atoms with E-state index in [9.17, 15) is 5.11 Å². The van der Waals surface area contributed by atoms with Crippen LogP contribution in [0.2, 0.25) is 0 Å². The fraction of sp³-hybridized carbons (Fsp3) is 0.333. The summed E-state index contributed by atoms with van der Waals surface area (Å²) in [6, 6.07) is 5.46. The molecule has 0 heterocycles. The van der Waals surface area contributed by atoms with Crippen molar-refractivity contribution in [3.8, 4) is 5.75 Å². The summed E-state index contributed by atoms with van der Waals surface area (Å²) in [6.07, 6.45) is 0. The Labute approximate surface area is 72.4 Å². The minimum absolute atomic E-state index is 0.281. The predicted octanol–water partition coefficient (Wildman–Crippen LogP) is 0.917. The average Bonchev–Trinajstić information content (AvgIpc) is 2.03. The van der Waals surface area contributed by atoms with Crippen LogP contribution in [-0.2, 0) is 6.54 Å². The zero-order valence-electron chi connectivity index (χ0n) is 7.41. The van der Waals surface area contributed by atoms with Crippen LogP contribution in [0.25, 0.3) is 0 Å². The highest BCUT2D eigenvalue weighted by Crippen LogP contribution is 2.25. The number of nitrogens with two attached hydrogens (primary N) is 1. The quantitative estimate of drug-likeness (QED) is 0.686. The molecule has 0 aliphatic rings. The number of aromatic hydroxyl groups is 1. The lowest BCUT2D eigenvalue weighted by atomic mass is 10.2. The summed E-state index contributed by atoms with van der Waals surface area (Å²) in [5, 5.41) is 9.50. The summed E-state index contributed by atoms with van der Waals surface area (Å²) in [5.74, 6) is 0.281. The van der Waals surface area contributed by atoms with Crippen LogP contribution in [0, 0.1) is 0 Å². The van der Waals surface area contributed by atoms with E-state index in [-0.39, 0.29) is 5.75 Å². The van der Waals surface area contributed by atoms with Gasteiger partial charge in [0, 0.05) is 20.6 Å². The molecule has 0 saturated carbocycles. The highest BCUT2D eigenvalue weighted by atomic mass is 16.3. The maximum absolute atomic E-state index is 9.50. The lowest BCUT2D eigenvalue weighted by Crippen LogP contribution is -2.09. The third kappa shape index (κ3) is 1.68. The molecule has 3 N–H and O–H groups in total. The van der Waals surface area contributed by atoms with Gasteiger partial charge in [0.25, 0.3) is 0 Å². The van der Waals surface area contributed by atoms with Crippen molar-refractivity contribution in [2.75, 3.05) is 19.0 Å². The summed E-state index contributed by atoms with van der Waals surface area (Å²) in [6.45, 7) is 0.460. The highest BCUT2D eigenvalue weighted by molar-refractivity contribution is 5.57. The van der Waals surface area contributed by atoms with Crippen LogP contribution in [0.5, 0.6) is 5.75 Å². The second-order valence-corrected chi connectivity index (χ2v) is 2.92. The molecule has 1 aromatic carbocycles. The van der Waals surface area contributed by atoms with E-state index in [0.717, 1.165) is 11.3 Å². The molecule has 1 aromatic rings. The maximum Gasteiger partial charge on any atom is 0.139 e. The first kappa shape index (κ1) is 8.87. The second kappa shape index (κ2) is 3.45. The van der Waals surface area contributed by atoms with Crippen molar-refractivity contribution in [3.05, 3.63) is 23.8 Å². The van der Waals surface area contributed by atoms with Gasteiger partial charge >= 0.3 is 0 Å². The number of phenols is 1. The molecule has 0 aliphatic heterocycles. The number of rotatable bonds is 2. The van der Waals surface area contributed by atoms with Crippen molar-refractivity contribution in [1.82, 2.24) is 0 Å². The average molecular weight is 166 g/mol. The first-order chi connectivity index (χ1) is 5.65. The molecular weight excluding hydrogens is 152 g/mol. The molecule has 3 nitrogen and oxygen atoms in total. The molecule has 0 unspecified atom stereocenters. The molecule has 0 radical (unpaired) electrons. The topological polar surface area (TPSA) is 49.5 Å². The molecule has 12 heavy (non-hydrogen) atoms. The van der Waals surface area contributed by atoms with Gasteiger partial charge in [-0.25, -0.2) is 0 Å². The number of hydrogen-bond donors (Lipinski definition) is 2. The van der Waals surface area contributed by atoms with Crippen molar-refractivity contribution in [2.45, 2.75) is 6.54 Å². The fourth-order valence-corrected chi connectivity index (χ4v) is 1.07. The van der Waals surface area contributed by atoms with Crippen LogP contribution in [0.4, 0.5) is 5.69 Å². The smallest absolute Gasteiger partial charge is 0.139 e. The van der Waals surface area contributed by atoms with E-state index >= 15 is 0 Å². The number of anilines is 1. The number of benzene rings is 1. The van der Waals surface area contributed by atoms with Gasteiger partial charge < -0.3 is 15.7 Å². The van der Waals surface area contributed by atoms with Crippen molar-refractivity contribution in [3.63, 3.8) is 0 Å². The molecule has 0 fully saturated rings. The van der Waals surface area contributed by atoms with Crippen LogP contribution in [0.15, 0.2) is 18.2 Å². The maximum atomic E-state index is 9.50. The van der Waals surface area contributed by atoms with Gasteiger partial charge in [-0.2, -0.15) is 0 Å². The number of nitrogens with zero attached hydrogens (tertiary/aromatic N) is 1. The summed E-state index contributed by atoms with van der Waals surface area (Å²) in [7, 11) is 3.77. The van der Waals surface area contributed by atoms with E-state index in [1.807, 2.05) is 31.1 Å². The molecule has 0 spiro atoms. The minimum Gasteiger partial charge on any atom is -0.506 e.